The van der Waals surface area contributed by atoms with E-state index in [-0.39, 0.29) is 11.9 Å². The second kappa shape index (κ2) is 6.80. The van der Waals surface area contributed by atoms with Crippen molar-refractivity contribution in [3.05, 3.63) is 46.7 Å². The largest absolute Gasteiger partial charge is 0.405 e. The molecule has 6 nitrogen and oxygen atoms in total. The number of nitrogens with zero attached hydrogens (tertiary/aromatic N) is 2. The highest BCUT2D eigenvalue weighted by Gasteiger charge is 2.30. The van der Waals surface area contributed by atoms with Crippen LogP contribution in [0.15, 0.2) is 46.8 Å². The summed E-state index contributed by atoms with van der Waals surface area (Å²) in [7, 11) is 0. The summed E-state index contributed by atoms with van der Waals surface area (Å²) in [5, 5.41) is 3.60. The molecule has 1 aromatic carbocycles. The van der Waals surface area contributed by atoms with E-state index in [2.05, 4.69) is 4.99 Å². The average Bonchev–Trinajstić information content (AvgIpc) is 3.20. The topological polar surface area (TPSA) is 93.9 Å². The summed E-state index contributed by atoms with van der Waals surface area (Å²) >= 11 is 1.55. The van der Waals surface area contributed by atoms with Crippen LogP contribution in [0.25, 0.3) is 0 Å². The summed E-state index contributed by atoms with van der Waals surface area (Å²) in [6, 6.07) is 10.8. The smallest absolute Gasteiger partial charge is 0.238 e. The minimum absolute atomic E-state index is 0.354. The molecule has 0 aliphatic carbocycles. The Kier molecular flexibility index (Phi) is 4.59. The van der Waals surface area contributed by atoms with Gasteiger partial charge in [-0.1, -0.05) is 6.07 Å². The first-order valence-electron chi connectivity index (χ1n) is 7.35. The second-order valence-corrected chi connectivity index (χ2v) is 6.21. The van der Waals surface area contributed by atoms with Gasteiger partial charge in [0.25, 0.3) is 0 Å². The number of amides is 1. The zero-order valence-corrected chi connectivity index (χ0v) is 13.3. The fourth-order valence-corrected chi connectivity index (χ4v) is 3.10. The number of amidine groups is 1. The molecule has 0 unspecified atom stereocenters. The quantitative estimate of drug-likeness (QED) is 0.648. The Morgan fingerprint density at radius 3 is 2.70 bits per heavy atom. The lowest BCUT2D eigenvalue weighted by molar-refractivity contribution is -0.135. The summed E-state index contributed by atoms with van der Waals surface area (Å²) in [5.74, 6) is 0.779. The third-order valence-corrected chi connectivity index (χ3v) is 4.51. The molecule has 0 bridgehead atoms. The van der Waals surface area contributed by atoms with Crippen LogP contribution in [0.5, 0.6) is 5.75 Å². The number of hydrogen-bond donors (Lipinski definition) is 2. The predicted molar refractivity (Wildman–Crippen MR) is 90.7 cm³/mol. The van der Waals surface area contributed by atoms with E-state index >= 15 is 0 Å². The number of primary amides is 1. The Bertz CT molecular complexity index is 697. The molecule has 1 fully saturated rings. The highest BCUT2D eigenvalue weighted by Crippen LogP contribution is 2.23. The maximum absolute atomic E-state index is 11.4. The molecule has 1 atom stereocenters. The number of aliphatic imine (C=N–C) groups is 1. The highest BCUT2D eigenvalue weighted by atomic mass is 32.1. The van der Waals surface area contributed by atoms with Crippen molar-refractivity contribution < 1.29 is 9.63 Å². The van der Waals surface area contributed by atoms with E-state index < -0.39 is 0 Å². The van der Waals surface area contributed by atoms with Crippen LogP contribution in [-0.2, 0) is 4.79 Å². The van der Waals surface area contributed by atoms with Crippen molar-refractivity contribution in [2.24, 2.45) is 16.5 Å². The monoisotopic (exact) mass is 330 g/mol. The van der Waals surface area contributed by atoms with Gasteiger partial charge < -0.3 is 16.3 Å². The number of benzene rings is 1. The molecule has 120 valence electrons. The molecule has 3 rings (SSSR count). The number of nitrogens with two attached hydrogens (primary N) is 2. The molecule has 2 heterocycles. The Labute approximate surface area is 138 Å². The molecule has 4 N–H and O–H groups in total. The third-order valence-electron chi connectivity index (χ3n) is 3.61. The van der Waals surface area contributed by atoms with Gasteiger partial charge in [-0.15, -0.1) is 16.4 Å². The summed E-state index contributed by atoms with van der Waals surface area (Å²) < 4.78 is 0. The van der Waals surface area contributed by atoms with Crippen LogP contribution in [0.2, 0.25) is 0 Å². The Morgan fingerprint density at radius 2 is 2.04 bits per heavy atom. The molecule has 23 heavy (non-hydrogen) atoms. The van der Waals surface area contributed by atoms with Crippen molar-refractivity contribution >= 4 is 28.8 Å². The summed E-state index contributed by atoms with van der Waals surface area (Å²) in [4.78, 5) is 22.4. The standard InChI is InChI=1S/C16H18N4O2S/c17-15(14-4-2-10-23-14)19-11-5-7-12(8-6-11)22-20-9-1-3-13(20)16(18)21/h2,4-8,10,13H,1,3,9H2,(H2,17,19)(H2,18,21)/t13-/m0/s1. The number of carbonyl (C=O) groups is 1. The zero-order chi connectivity index (χ0) is 16.2. The highest BCUT2D eigenvalue weighted by molar-refractivity contribution is 7.12. The van der Waals surface area contributed by atoms with E-state index in [4.69, 9.17) is 16.3 Å². The number of carbonyl (C=O) groups excluding carboxylic acids is 1. The molecule has 7 heteroatoms. The van der Waals surface area contributed by atoms with Crippen molar-refractivity contribution in [3.8, 4) is 5.75 Å². The second-order valence-electron chi connectivity index (χ2n) is 5.26. The maximum Gasteiger partial charge on any atom is 0.238 e. The lowest BCUT2D eigenvalue weighted by Gasteiger charge is -2.21. The van der Waals surface area contributed by atoms with Gasteiger partial charge in [0.1, 0.15) is 17.6 Å². The number of rotatable bonds is 5. The van der Waals surface area contributed by atoms with Gasteiger partial charge >= 0.3 is 0 Å². The van der Waals surface area contributed by atoms with Crippen LogP contribution >= 0.6 is 11.3 Å². The summed E-state index contributed by atoms with van der Waals surface area (Å²) in [6.45, 7) is 0.693. The average molecular weight is 330 g/mol. The van der Waals surface area contributed by atoms with Crippen LogP contribution in [0.1, 0.15) is 17.7 Å². The Hall–Kier alpha value is -2.38. The van der Waals surface area contributed by atoms with E-state index in [1.807, 2.05) is 29.6 Å². The van der Waals surface area contributed by atoms with Crippen molar-refractivity contribution in [1.82, 2.24) is 5.06 Å². The zero-order valence-electron chi connectivity index (χ0n) is 12.5. The van der Waals surface area contributed by atoms with E-state index in [9.17, 15) is 4.79 Å². The molecule has 2 aromatic rings. The first kappa shape index (κ1) is 15.5. The molecule has 1 saturated heterocycles. The maximum atomic E-state index is 11.4. The fraction of sp³-hybridized carbons (Fsp3) is 0.250. The van der Waals surface area contributed by atoms with Crippen molar-refractivity contribution in [1.29, 1.82) is 0 Å². The fourth-order valence-electron chi connectivity index (χ4n) is 2.47. The lowest BCUT2D eigenvalue weighted by atomic mass is 10.2. The number of thiophene rings is 1. The van der Waals surface area contributed by atoms with Gasteiger partial charge in [-0.2, -0.15) is 0 Å². The van der Waals surface area contributed by atoms with Gasteiger partial charge in [0.15, 0.2) is 0 Å². The normalized spacial score (nSPS) is 19.0. The SMILES string of the molecule is NC(=O)[C@@H]1CCCN1Oc1ccc(N=C(N)c2cccs2)cc1. The first-order chi connectivity index (χ1) is 11.1. The van der Waals surface area contributed by atoms with Gasteiger partial charge in [-0.3, -0.25) is 4.79 Å². The van der Waals surface area contributed by atoms with Crippen LogP contribution in [0, 0.1) is 0 Å². The molecular formula is C16H18N4O2S. The van der Waals surface area contributed by atoms with Gasteiger partial charge in [-0.05, 0) is 48.6 Å². The molecule has 1 aromatic heterocycles. The Balaban J connectivity index is 1.68. The molecule has 1 aliphatic rings. The number of hydroxylamine groups is 2. The van der Waals surface area contributed by atoms with E-state index in [0.29, 0.717) is 18.1 Å². The molecular weight excluding hydrogens is 312 g/mol. The van der Waals surface area contributed by atoms with E-state index in [1.165, 1.54) is 0 Å². The van der Waals surface area contributed by atoms with Gasteiger partial charge in [-0.25, -0.2) is 4.99 Å². The number of hydrogen-bond acceptors (Lipinski definition) is 5. The molecule has 1 aliphatic heterocycles. The first-order valence-corrected chi connectivity index (χ1v) is 8.23. The lowest BCUT2D eigenvalue weighted by Crippen LogP contribution is -2.42. The summed E-state index contributed by atoms with van der Waals surface area (Å²) in [6.07, 6.45) is 1.63. The van der Waals surface area contributed by atoms with Crippen LogP contribution in [0.3, 0.4) is 0 Å². The Morgan fingerprint density at radius 1 is 1.26 bits per heavy atom. The van der Waals surface area contributed by atoms with Crippen molar-refractivity contribution in [3.63, 3.8) is 0 Å². The summed E-state index contributed by atoms with van der Waals surface area (Å²) in [5.41, 5.74) is 12.1. The predicted octanol–water partition coefficient (Wildman–Crippen LogP) is 2.03. The van der Waals surface area contributed by atoms with Crippen LogP contribution in [-0.4, -0.2) is 29.4 Å². The molecule has 0 spiro atoms. The molecule has 0 saturated carbocycles. The van der Waals surface area contributed by atoms with Gasteiger partial charge in [0.05, 0.1) is 10.6 Å². The van der Waals surface area contributed by atoms with Crippen LogP contribution in [0.4, 0.5) is 5.69 Å². The van der Waals surface area contributed by atoms with E-state index in [0.717, 1.165) is 23.4 Å². The minimum Gasteiger partial charge on any atom is -0.405 e. The van der Waals surface area contributed by atoms with E-state index in [1.54, 1.807) is 28.5 Å². The van der Waals surface area contributed by atoms with Gasteiger partial charge in [0, 0.05) is 6.54 Å². The third kappa shape index (κ3) is 3.69. The molecule has 1 amide bonds. The van der Waals surface area contributed by atoms with Crippen LogP contribution < -0.4 is 16.3 Å². The molecule has 0 radical (unpaired) electrons. The van der Waals surface area contributed by atoms with Crippen molar-refractivity contribution in [2.75, 3.05) is 6.54 Å². The minimum atomic E-state index is -0.359. The van der Waals surface area contributed by atoms with Crippen molar-refractivity contribution in [2.45, 2.75) is 18.9 Å². The van der Waals surface area contributed by atoms with Gasteiger partial charge in [0.2, 0.25) is 5.91 Å².